The van der Waals surface area contributed by atoms with E-state index in [1.165, 1.54) is 27.6 Å². The Kier molecular flexibility index (Phi) is 9.75. The molecule has 0 radical (unpaired) electrons. The van der Waals surface area contributed by atoms with Gasteiger partial charge in [0.25, 0.3) is 0 Å². The van der Waals surface area contributed by atoms with Gasteiger partial charge < -0.3 is 10.2 Å². The van der Waals surface area contributed by atoms with Gasteiger partial charge in [-0.2, -0.15) is 0 Å². The molecule has 4 N–H and O–H groups in total. The molecule has 1 unspecified atom stereocenters. The number of aliphatic hydroxyl groups is 1. The van der Waals surface area contributed by atoms with Crippen LogP contribution in [0.15, 0.2) is 0 Å². The first-order valence-electron chi connectivity index (χ1n) is 1.84. The van der Waals surface area contributed by atoms with Crippen LogP contribution >= 0.6 is 0 Å². The molecule has 5 heteroatoms. The predicted octanol–water partition coefficient (Wildman–Crippen LogP) is -1.14. The maximum atomic E-state index is 9.45. The van der Waals surface area contributed by atoms with E-state index in [-0.39, 0.29) is 0 Å². The third-order valence-corrected chi connectivity index (χ3v) is 0.357. The molecule has 4 nitrogen and oxygen atoms in total. The Bertz CT molecular complexity index is 65.5. The summed E-state index contributed by atoms with van der Waals surface area (Å²) >= 11 is 1.50. The van der Waals surface area contributed by atoms with E-state index in [0.29, 0.717) is 0 Å². The number of hydrogen-bond acceptors (Lipinski definition) is 3. The van der Waals surface area contributed by atoms with Crippen molar-refractivity contribution in [3.05, 3.63) is 0 Å². The summed E-state index contributed by atoms with van der Waals surface area (Å²) in [4.78, 5) is 9.45. The van der Waals surface area contributed by atoms with Gasteiger partial charge in [0.15, 0.2) is 0 Å². The molecule has 0 aliphatic rings. The first-order chi connectivity index (χ1) is 3.64. The molecular formula is C3H8NO3Ti. The quantitative estimate of drug-likeness (QED) is 0.416. The molecule has 0 aromatic heterocycles. The molecule has 0 fully saturated rings. The molecule has 0 spiro atoms. The van der Waals surface area contributed by atoms with Crippen molar-refractivity contribution in [2.45, 2.75) is 13.0 Å². The maximum absolute atomic E-state index is 9.45. The Morgan fingerprint density at radius 3 is 1.88 bits per heavy atom. The van der Waals surface area contributed by atoms with Crippen molar-refractivity contribution in [1.29, 1.82) is 0 Å². The Balaban J connectivity index is 0. The van der Waals surface area contributed by atoms with Crippen molar-refractivity contribution in [2.75, 3.05) is 0 Å². The summed E-state index contributed by atoms with van der Waals surface area (Å²) in [5.74, 6) is -1.19. The molecule has 0 aromatic carbocycles. The third kappa shape index (κ3) is 9.44. The van der Waals surface area contributed by atoms with Crippen LogP contribution < -0.4 is 4.22 Å². The Morgan fingerprint density at radius 1 is 1.75 bits per heavy atom. The molecule has 8 heavy (non-hydrogen) atoms. The number of nitrogens with two attached hydrogens (primary N) is 1. The van der Waals surface area contributed by atoms with Crippen LogP contribution in [0, 0.1) is 0 Å². The number of carboxylic acid groups (broad SMARTS) is 1. The summed E-state index contributed by atoms with van der Waals surface area (Å²) in [5.41, 5.74) is 0. The fourth-order valence-electron chi connectivity index (χ4n) is 0. The Morgan fingerprint density at radius 2 is 1.88 bits per heavy atom. The van der Waals surface area contributed by atoms with Crippen LogP contribution in [0.3, 0.4) is 0 Å². The van der Waals surface area contributed by atoms with E-state index in [4.69, 9.17) is 10.2 Å². The van der Waals surface area contributed by atoms with E-state index in [1.54, 1.807) is 0 Å². The molecule has 0 aliphatic carbocycles. The molecule has 0 amide bonds. The van der Waals surface area contributed by atoms with Gasteiger partial charge in [-0.3, -0.25) is 0 Å². The summed E-state index contributed by atoms with van der Waals surface area (Å²) in [5, 5.41) is 15.8. The number of aliphatic carboxylic acids is 1. The Hall–Kier alpha value is 0.104. The van der Waals surface area contributed by atoms with E-state index in [0.717, 1.165) is 0 Å². The summed E-state index contributed by atoms with van der Waals surface area (Å²) < 4.78 is 4.50. The van der Waals surface area contributed by atoms with Crippen LogP contribution in [0.25, 0.3) is 0 Å². The minimum absolute atomic E-state index is 1.19. The van der Waals surface area contributed by atoms with Crippen LogP contribution in [-0.2, 0) is 25.5 Å². The van der Waals surface area contributed by atoms with Gasteiger partial charge in [0.2, 0.25) is 0 Å². The fraction of sp³-hybridized carbons (Fsp3) is 0.667. The zero-order valence-electron chi connectivity index (χ0n) is 4.46. The molecule has 0 rings (SSSR count). The van der Waals surface area contributed by atoms with Gasteiger partial charge in [-0.15, -0.1) is 0 Å². The average Bonchev–Trinajstić information content (AvgIpc) is 1.72. The normalized spacial score (nSPS) is 10.8. The molecule has 1 atom stereocenters. The van der Waals surface area contributed by atoms with E-state index in [2.05, 4.69) is 4.22 Å². The second kappa shape index (κ2) is 7.10. The molecule has 0 saturated carbocycles. The van der Waals surface area contributed by atoms with E-state index in [1.807, 2.05) is 0 Å². The molecule has 0 aromatic rings. The second-order valence-electron chi connectivity index (χ2n) is 1.01. The van der Waals surface area contributed by atoms with Gasteiger partial charge in [-0.05, 0) is 6.92 Å². The van der Waals surface area contributed by atoms with Crippen LogP contribution in [0.1, 0.15) is 6.92 Å². The van der Waals surface area contributed by atoms with E-state index in [9.17, 15) is 4.79 Å². The summed E-state index contributed by atoms with van der Waals surface area (Å²) in [6.07, 6.45) is -1.23. The van der Waals surface area contributed by atoms with Crippen molar-refractivity contribution in [1.82, 2.24) is 0 Å². The van der Waals surface area contributed by atoms with Crippen molar-refractivity contribution < 1.29 is 35.7 Å². The molecule has 0 heterocycles. The molecule has 0 bridgehead atoms. The first kappa shape index (κ1) is 11.0. The van der Waals surface area contributed by atoms with Gasteiger partial charge >= 0.3 is 30.9 Å². The van der Waals surface area contributed by atoms with Gasteiger partial charge in [0.05, 0.1) is 0 Å². The number of carbonyl (C=O) groups is 1. The fourth-order valence-corrected chi connectivity index (χ4v) is 0. The van der Waals surface area contributed by atoms with Gasteiger partial charge in [-0.25, -0.2) is 4.79 Å². The summed E-state index contributed by atoms with van der Waals surface area (Å²) in [7, 11) is 0. The van der Waals surface area contributed by atoms with Crippen LogP contribution in [0.4, 0.5) is 0 Å². The molecular weight excluding hydrogens is 146 g/mol. The van der Waals surface area contributed by atoms with Gasteiger partial charge in [0, 0.05) is 0 Å². The van der Waals surface area contributed by atoms with Crippen molar-refractivity contribution in [3.63, 3.8) is 0 Å². The number of hydrogen-bond donors (Lipinski definition) is 3. The monoisotopic (exact) mass is 154 g/mol. The second-order valence-corrected chi connectivity index (χ2v) is 1.01. The van der Waals surface area contributed by atoms with Crippen molar-refractivity contribution in [3.8, 4) is 0 Å². The van der Waals surface area contributed by atoms with Crippen LogP contribution in [0.2, 0.25) is 0 Å². The first-order valence-corrected chi connectivity index (χ1v) is 2.74. The number of aliphatic hydroxyl groups excluding tert-OH is 1. The van der Waals surface area contributed by atoms with Crippen molar-refractivity contribution in [2.24, 2.45) is 4.22 Å². The SMILES string of the molecule is CC(O)C(=O)O.[NH2][Ti]. The average molecular weight is 154 g/mol. The standard InChI is InChI=1S/C3H6O3.H2N.Ti/c1-2(4)3(5)6;;/h2,4H,1H3,(H,5,6);1H2;/q;-1;+1. The topological polar surface area (TPSA) is 83.5 Å². The molecule has 0 aliphatic heterocycles. The van der Waals surface area contributed by atoms with Crippen molar-refractivity contribution >= 4 is 5.97 Å². The predicted molar refractivity (Wildman–Crippen MR) is 23.5 cm³/mol. The minimum atomic E-state index is -1.23. The zero-order valence-corrected chi connectivity index (χ0v) is 6.02. The number of carboxylic acids is 1. The van der Waals surface area contributed by atoms with Crippen LogP contribution in [0.5, 0.6) is 0 Å². The zero-order chi connectivity index (χ0) is 7.15. The third-order valence-electron chi connectivity index (χ3n) is 0.357. The number of rotatable bonds is 1. The summed E-state index contributed by atoms with van der Waals surface area (Å²) in [6, 6.07) is 0. The van der Waals surface area contributed by atoms with Gasteiger partial charge in [0.1, 0.15) is 6.10 Å². The van der Waals surface area contributed by atoms with Gasteiger partial charge in [-0.1, -0.05) is 0 Å². The van der Waals surface area contributed by atoms with E-state index < -0.39 is 12.1 Å². The summed E-state index contributed by atoms with van der Waals surface area (Å²) in [6.45, 7) is 1.20. The Labute approximate surface area is 59.4 Å². The molecule has 47 valence electrons. The van der Waals surface area contributed by atoms with Crippen LogP contribution in [-0.4, -0.2) is 22.3 Å². The van der Waals surface area contributed by atoms with E-state index >= 15 is 0 Å². The molecule has 0 saturated heterocycles.